The summed E-state index contributed by atoms with van der Waals surface area (Å²) in [6, 6.07) is 17.4. The van der Waals surface area contributed by atoms with E-state index in [1.54, 1.807) is 0 Å². The van der Waals surface area contributed by atoms with Crippen molar-refractivity contribution in [2.75, 3.05) is 13.7 Å². The Balaban J connectivity index is 1.59. The van der Waals surface area contributed by atoms with Gasteiger partial charge >= 0.3 is 0 Å². The fourth-order valence-corrected chi connectivity index (χ4v) is 3.09. The quantitative estimate of drug-likeness (QED) is 0.238. The highest BCUT2D eigenvalue weighted by molar-refractivity contribution is 5.94. The van der Waals surface area contributed by atoms with Crippen LogP contribution < -0.4 is 20.2 Å². The lowest BCUT2D eigenvalue weighted by Gasteiger charge is -2.12. The fourth-order valence-electron chi connectivity index (χ4n) is 3.09. The van der Waals surface area contributed by atoms with Crippen LogP contribution in [0.5, 0.6) is 11.5 Å². The van der Waals surface area contributed by atoms with E-state index in [1.807, 2.05) is 30.3 Å². The predicted molar refractivity (Wildman–Crippen MR) is 130 cm³/mol. The van der Waals surface area contributed by atoms with Gasteiger partial charge in [-0.2, -0.15) is 5.10 Å². The summed E-state index contributed by atoms with van der Waals surface area (Å²) in [7, 11) is 1.40. The maximum Gasteiger partial charge on any atom is 0.282 e. The third-order valence-corrected chi connectivity index (χ3v) is 4.90. The van der Waals surface area contributed by atoms with Crippen molar-refractivity contribution in [2.45, 2.75) is 13.0 Å². The second kappa shape index (κ2) is 12.6. The molecular weight excluding hydrogens is 471 g/mol. The SMILES string of the molecule is COc1cc(C=NNC(=O)CCNC(=O)c2ccccc2F)c([N+](=O)[O-])cc1OCc1ccccc1. The first-order valence-electron chi connectivity index (χ1n) is 10.8. The largest absolute Gasteiger partial charge is 0.493 e. The zero-order valence-electron chi connectivity index (χ0n) is 19.3. The number of nitro benzene ring substituents is 1. The highest BCUT2D eigenvalue weighted by Crippen LogP contribution is 2.34. The van der Waals surface area contributed by atoms with Crippen LogP contribution in [0.3, 0.4) is 0 Å². The Hall–Kier alpha value is -4.80. The molecule has 3 rings (SSSR count). The summed E-state index contributed by atoms with van der Waals surface area (Å²) in [6.45, 7) is 0.126. The van der Waals surface area contributed by atoms with Gasteiger partial charge in [0.05, 0.1) is 35.4 Å². The normalized spacial score (nSPS) is 10.6. The minimum Gasteiger partial charge on any atom is -0.493 e. The second-order valence-electron chi connectivity index (χ2n) is 7.37. The first-order chi connectivity index (χ1) is 17.4. The van der Waals surface area contributed by atoms with Gasteiger partial charge in [-0.1, -0.05) is 42.5 Å². The van der Waals surface area contributed by atoms with E-state index in [0.717, 1.165) is 17.8 Å². The molecule has 0 saturated heterocycles. The van der Waals surface area contributed by atoms with Crippen LogP contribution in [0.15, 0.2) is 71.8 Å². The van der Waals surface area contributed by atoms with E-state index in [0.29, 0.717) is 0 Å². The molecule has 36 heavy (non-hydrogen) atoms. The van der Waals surface area contributed by atoms with Crippen LogP contribution in [-0.4, -0.2) is 36.6 Å². The Morgan fingerprint density at radius 2 is 1.81 bits per heavy atom. The van der Waals surface area contributed by atoms with Crippen molar-refractivity contribution in [3.8, 4) is 11.5 Å². The van der Waals surface area contributed by atoms with Crippen LogP contribution in [-0.2, 0) is 11.4 Å². The van der Waals surface area contributed by atoms with E-state index in [2.05, 4.69) is 15.8 Å². The average Bonchev–Trinajstić information content (AvgIpc) is 2.88. The number of methoxy groups -OCH3 is 1. The van der Waals surface area contributed by atoms with Crippen molar-refractivity contribution >= 4 is 23.7 Å². The number of hydrazone groups is 1. The van der Waals surface area contributed by atoms with E-state index >= 15 is 0 Å². The third kappa shape index (κ3) is 7.10. The molecule has 0 aliphatic rings. The lowest BCUT2D eigenvalue weighted by atomic mass is 10.1. The first-order valence-corrected chi connectivity index (χ1v) is 10.8. The number of carbonyl (C=O) groups excluding carboxylic acids is 2. The summed E-state index contributed by atoms with van der Waals surface area (Å²) < 4.78 is 24.6. The zero-order valence-corrected chi connectivity index (χ0v) is 19.3. The molecular formula is C25H23FN4O6. The number of nitro groups is 1. The molecule has 0 saturated carbocycles. The van der Waals surface area contributed by atoms with Crippen LogP contribution in [0, 0.1) is 15.9 Å². The number of nitrogens with one attached hydrogen (secondary N) is 2. The van der Waals surface area contributed by atoms with Gasteiger partial charge in [0.15, 0.2) is 11.5 Å². The number of ether oxygens (including phenoxy) is 2. The Morgan fingerprint density at radius 1 is 1.08 bits per heavy atom. The molecule has 3 aromatic carbocycles. The molecule has 0 spiro atoms. The molecule has 2 amide bonds. The molecule has 0 fully saturated rings. The summed E-state index contributed by atoms with van der Waals surface area (Å²) >= 11 is 0. The lowest BCUT2D eigenvalue weighted by Crippen LogP contribution is -2.29. The molecule has 0 aliphatic carbocycles. The van der Waals surface area contributed by atoms with Crippen molar-refractivity contribution in [2.24, 2.45) is 5.10 Å². The van der Waals surface area contributed by atoms with Crippen molar-refractivity contribution in [1.29, 1.82) is 0 Å². The number of hydrogen-bond donors (Lipinski definition) is 2. The number of hydrogen-bond acceptors (Lipinski definition) is 7. The summed E-state index contributed by atoms with van der Waals surface area (Å²) in [6.07, 6.45) is 0.965. The minimum atomic E-state index is -0.669. The van der Waals surface area contributed by atoms with Gasteiger partial charge in [0.1, 0.15) is 12.4 Å². The Morgan fingerprint density at radius 3 is 2.50 bits per heavy atom. The van der Waals surface area contributed by atoms with Crippen LogP contribution in [0.4, 0.5) is 10.1 Å². The number of amides is 2. The molecule has 10 nitrogen and oxygen atoms in total. The van der Waals surface area contributed by atoms with Crippen molar-refractivity contribution in [3.05, 3.63) is 99.4 Å². The monoisotopic (exact) mass is 494 g/mol. The molecule has 3 aromatic rings. The van der Waals surface area contributed by atoms with Crippen LogP contribution in [0.2, 0.25) is 0 Å². The summed E-state index contributed by atoms with van der Waals surface area (Å²) in [5, 5.41) is 17.8. The highest BCUT2D eigenvalue weighted by Gasteiger charge is 2.19. The van der Waals surface area contributed by atoms with E-state index in [-0.39, 0.29) is 47.9 Å². The fraction of sp³-hybridized carbons (Fsp3) is 0.160. The number of rotatable bonds is 11. The minimum absolute atomic E-state index is 0.0596. The average molecular weight is 494 g/mol. The standard InChI is InChI=1S/C25H23FN4O6/c1-35-22-13-18(21(30(33)34)14-23(22)36-16-17-7-3-2-4-8-17)15-28-29-24(31)11-12-27-25(32)19-9-5-6-10-20(19)26/h2-10,13-15H,11-12,16H2,1H3,(H,27,32)(H,29,31). The predicted octanol–water partition coefficient (Wildman–Crippen LogP) is 3.59. The van der Waals surface area contributed by atoms with Gasteiger partial charge in [-0.3, -0.25) is 19.7 Å². The Kier molecular flexibility index (Phi) is 9.04. The molecule has 0 bridgehead atoms. The number of benzene rings is 3. The van der Waals surface area contributed by atoms with Crippen molar-refractivity contribution in [1.82, 2.24) is 10.7 Å². The number of halogens is 1. The van der Waals surface area contributed by atoms with Gasteiger partial charge in [0, 0.05) is 13.0 Å². The Bertz CT molecular complexity index is 1270. The molecule has 0 unspecified atom stereocenters. The van der Waals surface area contributed by atoms with Gasteiger partial charge in [-0.05, 0) is 23.8 Å². The molecule has 186 valence electrons. The number of carbonyl (C=O) groups is 2. The molecule has 0 heterocycles. The van der Waals surface area contributed by atoms with Gasteiger partial charge in [-0.25, -0.2) is 9.82 Å². The molecule has 11 heteroatoms. The molecule has 0 radical (unpaired) electrons. The van der Waals surface area contributed by atoms with Crippen LogP contribution in [0.1, 0.15) is 27.9 Å². The van der Waals surface area contributed by atoms with Gasteiger partial charge in [-0.15, -0.1) is 0 Å². The summed E-state index contributed by atoms with van der Waals surface area (Å²) in [5.74, 6) is -1.45. The zero-order chi connectivity index (χ0) is 25.9. The smallest absolute Gasteiger partial charge is 0.282 e. The van der Waals surface area contributed by atoms with E-state index in [4.69, 9.17) is 9.47 Å². The van der Waals surface area contributed by atoms with Crippen molar-refractivity contribution in [3.63, 3.8) is 0 Å². The third-order valence-electron chi connectivity index (χ3n) is 4.90. The van der Waals surface area contributed by atoms with Gasteiger partial charge < -0.3 is 14.8 Å². The number of nitrogens with zero attached hydrogens (tertiary/aromatic N) is 2. The topological polar surface area (TPSA) is 132 Å². The molecule has 0 atom stereocenters. The highest BCUT2D eigenvalue weighted by atomic mass is 19.1. The van der Waals surface area contributed by atoms with E-state index in [1.165, 1.54) is 37.4 Å². The second-order valence-corrected chi connectivity index (χ2v) is 7.37. The lowest BCUT2D eigenvalue weighted by molar-refractivity contribution is -0.385. The van der Waals surface area contributed by atoms with E-state index in [9.17, 15) is 24.1 Å². The summed E-state index contributed by atoms with van der Waals surface area (Å²) in [5.41, 5.74) is 2.76. The molecule has 0 aromatic heterocycles. The molecule has 0 aliphatic heterocycles. The van der Waals surface area contributed by atoms with E-state index < -0.39 is 22.6 Å². The van der Waals surface area contributed by atoms with Crippen LogP contribution >= 0.6 is 0 Å². The van der Waals surface area contributed by atoms with Crippen LogP contribution in [0.25, 0.3) is 0 Å². The summed E-state index contributed by atoms with van der Waals surface area (Å²) in [4.78, 5) is 35.0. The Labute approximate surface area is 205 Å². The van der Waals surface area contributed by atoms with Crippen molar-refractivity contribution < 1.29 is 28.4 Å². The first kappa shape index (κ1) is 25.8. The van der Waals surface area contributed by atoms with Gasteiger partial charge in [0.25, 0.3) is 11.6 Å². The molecule has 2 N–H and O–H groups in total. The maximum absolute atomic E-state index is 13.6. The maximum atomic E-state index is 13.6. The van der Waals surface area contributed by atoms with Gasteiger partial charge in [0.2, 0.25) is 5.91 Å².